The summed E-state index contributed by atoms with van der Waals surface area (Å²) in [5, 5.41) is 15.6. The van der Waals surface area contributed by atoms with E-state index in [-0.39, 0.29) is 18.3 Å². The van der Waals surface area contributed by atoms with Crippen molar-refractivity contribution in [1.29, 1.82) is 0 Å². The zero-order chi connectivity index (χ0) is 18.5. The standard InChI is InChI=1S/C18H17ClFN5O/c1-11(10-26)22-18-24-15(12-3-2-6-21-9-12)8-17(25-18)23-16-7-13(19)4-5-14(16)20/h2-9,11,26H,10H2,1H3,(H2,22,23,24,25)/t11-/m0/s1. The first-order valence-electron chi connectivity index (χ1n) is 7.94. The molecule has 0 fully saturated rings. The Bertz CT molecular complexity index is 894. The molecule has 0 aliphatic rings. The summed E-state index contributed by atoms with van der Waals surface area (Å²) in [6.07, 6.45) is 3.34. The van der Waals surface area contributed by atoms with Crippen LogP contribution in [0.15, 0.2) is 48.8 Å². The summed E-state index contributed by atoms with van der Waals surface area (Å²) in [5.41, 5.74) is 1.59. The molecule has 26 heavy (non-hydrogen) atoms. The van der Waals surface area contributed by atoms with E-state index >= 15 is 0 Å². The van der Waals surface area contributed by atoms with Crippen LogP contribution >= 0.6 is 11.6 Å². The third-order valence-corrected chi connectivity index (χ3v) is 3.76. The van der Waals surface area contributed by atoms with Crippen molar-refractivity contribution in [3.8, 4) is 11.3 Å². The molecule has 2 heterocycles. The zero-order valence-electron chi connectivity index (χ0n) is 13.9. The van der Waals surface area contributed by atoms with E-state index in [4.69, 9.17) is 11.6 Å². The van der Waals surface area contributed by atoms with E-state index in [0.29, 0.717) is 22.5 Å². The number of halogens is 2. The average molecular weight is 374 g/mol. The molecule has 0 aliphatic carbocycles. The van der Waals surface area contributed by atoms with Crippen molar-refractivity contribution in [3.63, 3.8) is 0 Å². The topological polar surface area (TPSA) is 83.0 Å². The minimum atomic E-state index is -0.450. The van der Waals surface area contributed by atoms with Crippen molar-refractivity contribution >= 4 is 29.1 Å². The predicted octanol–water partition coefficient (Wildman–Crippen LogP) is 3.87. The van der Waals surface area contributed by atoms with Gasteiger partial charge >= 0.3 is 0 Å². The number of nitrogens with zero attached hydrogens (tertiary/aromatic N) is 3. The van der Waals surface area contributed by atoms with E-state index in [1.54, 1.807) is 31.5 Å². The number of benzene rings is 1. The first-order chi connectivity index (χ1) is 12.5. The molecule has 3 aromatic rings. The molecule has 0 amide bonds. The van der Waals surface area contributed by atoms with Gasteiger partial charge in [0.05, 0.1) is 18.0 Å². The number of anilines is 3. The summed E-state index contributed by atoms with van der Waals surface area (Å²) >= 11 is 5.94. The van der Waals surface area contributed by atoms with Crippen LogP contribution in [0, 0.1) is 5.82 Å². The highest BCUT2D eigenvalue weighted by Crippen LogP contribution is 2.26. The van der Waals surface area contributed by atoms with Crippen molar-refractivity contribution in [2.45, 2.75) is 13.0 Å². The summed E-state index contributed by atoms with van der Waals surface area (Å²) in [6.45, 7) is 1.72. The molecule has 0 unspecified atom stereocenters. The second-order valence-corrected chi connectivity index (χ2v) is 6.12. The third kappa shape index (κ3) is 4.44. The molecule has 134 valence electrons. The van der Waals surface area contributed by atoms with E-state index in [1.807, 2.05) is 6.07 Å². The molecule has 0 radical (unpaired) electrons. The summed E-state index contributed by atoms with van der Waals surface area (Å²) in [7, 11) is 0. The van der Waals surface area contributed by atoms with E-state index in [9.17, 15) is 9.50 Å². The molecule has 1 atom stereocenters. The molecule has 0 bridgehead atoms. The van der Waals surface area contributed by atoms with E-state index in [0.717, 1.165) is 5.56 Å². The van der Waals surface area contributed by atoms with Crippen LogP contribution in [0.4, 0.5) is 21.8 Å². The van der Waals surface area contributed by atoms with Gasteiger partial charge in [0.25, 0.3) is 0 Å². The fourth-order valence-electron chi connectivity index (χ4n) is 2.24. The second-order valence-electron chi connectivity index (χ2n) is 5.68. The summed E-state index contributed by atoms with van der Waals surface area (Å²) in [4.78, 5) is 12.9. The molecule has 3 N–H and O–H groups in total. The number of hydrogen-bond acceptors (Lipinski definition) is 6. The highest BCUT2D eigenvalue weighted by molar-refractivity contribution is 6.30. The molecule has 0 saturated carbocycles. The van der Waals surface area contributed by atoms with Gasteiger partial charge in [-0.3, -0.25) is 4.98 Å². The Hall–Kier alpha value is -2.77. The number of aliphatic hydroxyl groups is 1. The number of pyridine rings is 1. The van der Waals surface area contributed by atoms with Crippen LogP contribution in [-0.2, 0) is 0 Å². The fraction of sp³-hybridized carbons (Fsp3) is 0.167. The normalized spacial score (nSPS) is 11.8. The Balaban J connectivity index is 2.00. The Morgan fingerprint density at radius 1 is 1.23 bits per heavy atom. The maximum absolute atomic E-state index is 14.0. The highest BCUT2D eigenvalue weighted by Gasteiger charge is 2.11. The van der Waals surface area contributed by atoms with Crippen LogP contribution < -0.4 is 10.6 Å². The lowest BCUT2D eigenvalue weighted by Gasteiger charge is -2.14. The maximum Gasteiger partial charge on any atom is 0.225 e. The van der Waals surface area contributed by atoms with E-state index < -0.39 is 5.82 Å². The number of aromatic nitrogens is 3. The number of aliphatic hydroxyl groups excluding tert-OH is 1. The number of hydrogen-bond donors (Lipinski definition) is 3. The number of rotatable bonds is 6. The Morgan fingerprint density at radius 3 is 2.81 bits per heavy atom. The van der Waals surface area contributed by atoms with Gasteiger partial charge in [0.15, 0.2) is 0 Å². The largest absolute Gasteiger partial charge is 0.394 e. The Morgan fingerprint density at radius 2 is 2.08 bits per heavy atom. The van der Waals surface area contributed by atoms with Crippen LogP contribution in [-0.4, -0.2) is 32.7 Å². The van der Waals surface area contributed by atoms with Gasteiger partial charge in [0.1, 0.15) is 11.6 Å². The first-order valence-corrected chi connectivity index (χ1v) is 8.32. The van der Waals surface area contributed by atoms with Crippen molar-refractivity contribution in [1.82, 2.24) is 15.0 Å². The lowest BCUT2D eigenvalue weighted by Crippen LogP contribution is -2.21. The highest BCUT2D eigenvalue weighted by atomic mass is 35.5. The van der Waals surface area contributed by atoms with Crippen molar-refractivity contribution in [3.05, 3.63) is 59.6 Å². The van der Waals surface area contributed by atoms with Crippen molar-refractivity contribution in [2.75, 3.05) is 17.2 Å². The molecule has 3 rings (SSSR count). The Labute approximate surface area is 155 Å². The van der Waals surface area contributed by atoms with Crippen LogP contribution in [0.25, 0.3) is 11.3 Å². The SMILES string of the molecule is C[C@@H](CO)Nc1nc(Nc2cc(Cl)ccc2F)cc(-c2cccnc2)n1. The van der Waals surface area contributed by atoms with Gasteiger partial charge in [-0.05, 0) is 37.3 Å². The molecule has 2 aromatic heterocycles. The van der Waals surface area contributed by atoms with Crippen LogP contribution in [0.3, 0.4) is 0 Å². The zero-order valence-corrected chi connectivity index (χ0v) is 14.7. The summed E-state index contributed by atoms with van der Waals surface area (Å²) in [6, 6.07) is 9.33. The minimum absolute atomic E-state index is 0.0772. The van der Waals surface area contributed by atoms with Gasteiger partial charge in [-0.25, -0.2) is 9.37 Å². The van der Waals surface area contributed by atoms with Crippen LogP contribution in [0.2, 0.25) is 5.02 Å². The smallest absolute Gasteiger partial charge is 0.225 e. The molecule has 6 nitrogen and oxygen atoms in total. The van der Waals surface area contributed by atoms with Gasteiger partial charge in [-0.15, -0.1) is 0 Å². The molecule has 1 aromatic carbocycles. The average Bonchev–Trinajstić information content (AvgIpc) is 2.65. The quantitative estimate of drug-likeness (QED) is 0.608. The van der Waals surface area contributed by atoms with Crippen LogP contribution in [0.5, 0.6) is 0 Å². The summed E-state index contributed by atoms with van der Waals surface area (Å²) < 4.78 is 14.0. The van der Waals surface area contributed by atoms with Gasteiger partial charge < -0.3 is 15.7 Å². The minimum Gasteiger partial charge on any atom is -0.394 e. The summed E-state index contributed by atoms with van der Waals surface area (Å²) in [5.74, 6) is 0.236. The molecular formula is C18H17ClFN5O. The number of nitrogens with one attached hydrogen (secondary N) is 2. The van der Waals surface area contributed by atoms with Gasteiger partial charge in [0.2, 0.25) is 5.95 Å². The van der Waals surface area contributed by atoms with Gasteiger partial charge in [-0.1, -0.05) is 11.6 Å². The molecule has 0 saturated heterocycles. The van der Waals surface area contributed by atoms with Gasteiger partial charge in [0, 0.05) is 35.1 Å². The monoisotopic (exact) mass is 373 g/mol. The second kappa shape index (κ2) is 8.07. The third-order valence-electron chi connectivity index (χ3n) is 3.52. The van der Waals surface area contributed by atoms with E-state index in [2.05, 4.69) is 25.6 Å². The lowest BCUT2D eigenvalue weighted by atomic mass is 10.2. The van der Waals surface area contributed by atoms with Crippen LogP contribution in [0.1, 0.15) is 6.92 Å². The van der Waals surface area contributed by atoms with Crippen molar-refractivity contribution < 1.29 is 9.50 Å². The predicted molar refractivity (Wildman–Crippen MR) is 100 cm³/mol. The fourth-order valence-corrected chi connectivity index (χ4v) is 2.41. The molecule has 0 spiro atoms. The van der Waals surface area contributed by atoms with Gasteiger partial charge in [-0.2, -0.15) is 4.98 Å². The first kappa shape index (κ1) is 18.0. The molecule has 8 heteroatoms. The lowest BCUT2D eigenvalue weighted by molar-refractivity contribution is 0.281. The molecular weight excluding hydrogens is 357 g/mol. The Kier molecular flexibility index (Phi) is 5.60. The molecule has 0 aliphatic heterocycles. The maximum atomic E-state index is 14.0. The van der Waals surface area contributed by atoms with Crippen molar-refractivity contribution in [2.24, 2.45) is 0 Å². The van der Waals surface area contributed by atoms with E-state index in [1.165, 1.54) is 18.2 Å².